The van der Waals surface area contributed by atoms with E-state index in [2.05, 4.69) is 20.4 Å². The fourth-order valence-corrected chi connectivity index (χ4v) is 8.28. The van der Waals surface area contributed by atoms with Crippen LogP contribution in [-0.4, -0.2) is 104 Å². The van der Waals surface area contributed by atoms with Crippen LogP contribution in [0.25, 0.3) is 33.4 Å². The maximum absolute atomic E-state index is 13.6. The van der Waals surface area contributed by atoms with Crippen LogP contribution in [0.1, 0.15) is 125 Å². The molecule has 15 nitrogen and oxygen atoms in total. The molecule has 15 heteroatoms. The van der Waals surface area contributed by atoms with E-state index in [0.29, 0.717) is 51.0 Å². The Labute approximate surface area is 393 Å². The summed E-state index contributed by atoms with van der Waals surface area (Å²) in [5.41, 5.74) is 2.33. The molecule has 2 unspecified atom stereocenters. The van der Waals surface area contributed by atoms with Crippen molar-refractivity contribution in [1.82, 2.24) is 30.0 Å². The lowest BCUT2D eigenvalue weighted by Gasteiger charge is -2.40. The van der Waals surface area contributed by atoms with E-state index in [1.165, 1.54) is 9.59 Å². The number of aromatic hydroxyl groups is 2. The SMILES string of the molecule is CC(C)(CC(O)COC(C)(C)C(=O)CCc1cc(-n2nc3ccccc3n2)c(O)c(C(C)(C)C)c1)OC(C)(C)C(CO)OC(=O)CCc1cc(-n2nc3ccccc3n2)c(O)c(C(C)(C)C)c1. The Hall–Kier alpha value is -5.74. The predicted molar refractivity (Wildman–Crippen MR) is 257 cm³/mol. The molecule has 4 aromatic carbocycles. The summed E-state index contributed by atoms with van der Waals surface area (Å²) < 4.78 is 18.3. The van der Waals surface area contributed by atoms with Crippen molar-refractivity contribution in [3.8, 4) is 22.9 Å². The molecule has 0 aliphatic carbocycles. The van der Waals surface area contributed by atoms with Gasteiger partial charge in [0.05, 0.1) is 24.9 Å². The molecule has 0 spiro atoms. The number of nitrogens with zero attached hydrogens (tertiary/aromatic N) is 6. The van der Waals surface area contributed by atoms with E-state index in [1.54, 1.807) is 53.7 Å². The predicted octanol–water partition coefficient (Wildman–Crippen LogP) is 8.32. The summed E-state index contributed by atoms with van der Waals surface area (Å²) >= 11 is 0. The van der Waals surface area contributed by atoms with Gasteiger partial charge in [-0.25, -0.2) is 0 Å². The number of fused-ring (bicyclic) bond motifs is 2. The highest BCUT2D eigenvalue weighted by atomic mass is 16.6. The third-order valence-corrected chi connectivity index (χ3v) is 12.0. The smallest absolute Gasteiger partial charge is 0.306 e. The average Bonchev–Trinajstić information content (AvgIpc) is 3.87. The van der Waals surface area contributed by atoms with E-state index in [4.69, 9.17) is 14.2 Å². The van der Waals surface area contributed by atoms with Gasteiger partial charge < -0.3 is 34.6 Å². The topological polar surface area (TPSA) is 204 Å². The Balaban J connectivity index is 1.03. The zero-order chi connectivity index (χ0) is 49.3. The van der Waals surface area contributed by atoms with Gasteiger partial charge in [0, 0.05) is 30.4 Å². The number of aryl methyl sites for hydroxylation is 2. The number of phenols is 2. The van der Waals surface area contributed by atoms with Crippen molar-refractivity contribution < 1.29 is 44.2 Å². The number of esters is 1. The number of carbonyl (C=O) groups is 2. The molecule has 4 N–H and O–H groups in total. The van der Waals surface area contributed by atoms with Gasteiger partial charge in [-0.05, 0) is 113 Å². The second-order valence-electron chi connectivity index (χ2n) is 21.2. The summed E-state index contributed by atoms with van der Waals surface area (Å²) in [6.07, 6.45) is -1.18. The van der Waals surface area contributed by atoms with Crippen LogP contribution in [0.15, 0.2) is 72.8 Å². The van der Waals surface area contributed by atoms with Crippen LogP contribution in [0.5, 0.6) is 11.5 Å². The number of Topliss-reactive ketones (excluding diaryl/α,β-unsaturated/α-hetero) is 1. The molecule has 6 aromatic rings. The Morgan fingerprint density at radius 2 is 1.06 bits per heavy atom. The van der Waals surface area contributed by atoms with Crippen molar-refractivity contribution in [2.45, 2.75) is 155 Å². The van der Waals surface area contributed by atoms with Gasteiger partial charge in [0.15, 0.2) is 11.9 Å². The van der Waals surface area contributed by atoms with Crippen LogP contribution in [0.4, 0.5) is 0 Å². The summed E-state index contributed by atoms with van der Waals surface area (Å²) in [7, 11) is 0. The number of ketones is 1. The number of ether oxygens (including phenoxy) is 3. The van der Waals surface area contributed by atoms with Gasteiger partial charge in [-0.1, -0.05) is 77.9 Å². The Morgan fingerprint density at radius 1 is 0.642 bits per heavy atom. The fraction of sp³-hybridized carbons (Fsp3) is 0.500. The first-order valence-electron chi connectivity index (χ1n) is 22.9. The quantitative estimate of drug-likeness (QED) is 0.0565. The first-order valence-corrected chi connectivity index (χ1v) is 22.9. The molecule has 0 aliphatic heterocycles. The zero-order valence-electron chi connectivity index (χ0n) is 41.0. The number of hydrogen-bond acceptors (Lipinski definition) is 13. The molecule has 6 rings (SSSR count). The van der Waals surface area contributed by atoms with Crippen LogP contribution in [0.3, 0.4) is 0 Å². The summed E-state index contributed by atoms with van der Waals surface area (Å²) in [6, 6.07) is 22.2. The first kappa shape index (κ1) is 50.7. The number of aliphatic hydroxyl groups is 2. The van der Waals surface area contributed by atoms with Gasteiger partial charge in [-0.2, -0.15) is 0 Å². The van der Waals surface area contributed by atoms with Crippen molar-refractivity contribution in [1.29, 1.82) is 0 Å². The molecule has 67 heavy (non-hydrogen) atoms. The van der Waals surface area contributed by atoms with Crippen LogP contribution in [0, 0.1) is 0 Å². The average molecular weight is 921 g/mol. The lowest BCUT2D eigenvalue weighted by atomic mass is 9.84. The number of carbonyl (C=O) groups excluding carboxylic acids is 2. The molecular formula is C52H68N6O9. The lowest BCUT2D eigenvalue weighted by Crippen LogP contribution is -2.50. The molecule has 0 radical (unpaired) electrons. The molecule has 360 valence electrons. The maximum atomic E-state index is 13.6. The van der Waals surface area contributed by atoms with Crippen molar-refractivity contribution in [3.05, 3.63) is 95.1 Å². The first-order chi connectivity index (χ1) is 31.2. The van der Waals surface area contributed by atoms with Crippen LogP contribution >= 0.6 is 0 Å². The number of benzene rings is 4. The number of hydrogen-bond donors (Lipinski definition) is 4. The Bertz CT molecular complexity index is 2660. The van der Waals surface area contributed by atoms with Crippen molar-refractivity contribution in [2.24, 2.45) is 0 Å². The van der Waals surface area contributed by atoms with E-state index in [0.717, 1.165) is 11.1 Å². The molecule has 0 saturated carbocycles. The number of phenolic OH excluding ortho intramolecular Hbond substituents is 2. The summed E-state index contributed by atoms with van der Waals surface area (Å²) in [6.45, 7) is 21.7. The molecule has 0 bridgehead atoms. The van der Waals surface area contributed by atoms with E-state index in [9.17, 15) is 30.0 Å². The zero-order valence-corrected chi connectivity index (χ0v) is 41.0. The van der Waals surface area contributed by atoms with Crippen molar-refractivity contribution >= 4 is 33.8 Å². The molecule has 2 heterocycles. The highest BCUT2D eigenvalue weighted by Crippen LogP contribution is 2.39. The van der Waals surface area contributed by atoms with Crippen molar-refractivity contribution in [3.63, 3.8) is 0 Å². The molecule has 2 aromatic heterocycles. The van der Waals surface area contributed by atoms with E-state index >= 15 is 0 Å². The van der Waals surface area contributed by atoms with Crippen LogP contribution in [0.2, 0.25) is 0 Å². The Morgan fingerprint density at radius 3 is 1.46 bits per heavy atom. The minimum atomic E-state index is -1.23. The van der Waals surface area contributed by atoms with E-state index in [1.807, 2.05) is 102 Å². The van der Waals surface area contributed by atoms with E-state index < -0.39 is 52.4 Å². The fourth-order valence-electron chi connectivity index (χ4n) is 8.28. The third kappa shape index (κ3) is 12.2. The van der Waals surface area contributed by atoms with Crippen LogP contribution < -0.4 is 0 Å². The summed E-state index contributed by atoms with van der Waals surface area (Å²) in [5, 5.41) is 62.6. The molecule has 0 fully saturated rings. The molecular weight excluding hydrogens is 853 g/mol. The second-order valence-corrected chi connectivity index (χ2v) is 21.2. The number of aromatic nitrogens is 6. The largest absolute Gasteiger partial charge is 0.505 e. The van der Waals surface area contributed by atoms with Gasteiger partial charge in [-0.15, -0.1) is 30.0 Å². The van der Waals surface area contributed by atoms with Crippen molar-refractivity contribution in [2.75, 3.05) is 13.2 Å². The second kappa shape index (κ2) is 19.5. The van der Waals surface area contributed by atoms with Gasteiger partial charge in [0.1, 0.15) is 56.1 Å². The molecule has 0 aliphatic rings. The summed E-state index contributed by atoms with van der Waals surface area (Å²) in [5.74, 6) is -0.579. The van der Waals surface area contributed by atoms with Gasteiger partial charge in [-0.3, -0.25) is 9.59 Å². The molecule has 0 amide bonds. The van der Waals surface area contributed by atoms with Gasteiger partial charge >= 0.3 is 5.97 Å². The number of aliphatic hydroxyl groups excluding tert-OH is 2. The minimum Gasteiger partial charge on any atom is -0.505 e. The van der Waals surface area contributed by atoms with Crippen LogP contribution in [-0.2, 0) is 47.5 Å². The third-order valence-electron chi connectivity index (χ3n) is 12.0. The lowest BCUT2D eigenvalue weighted by molar-refractivity contribution is -0.207. The van der Waals surface area contributed by atoms with Gasteiger partial charge in [0.25, 0.3) is 0 Å². The highest BCUT2D eigenvalue weighted by Gasteiger charge is 2.40. The Kier molecular flexibility index (Phi) is 14.7. The normalized spacial score (nSPS) is 13.9. The number of rotatable bonds is 19. The molecule has 0 saturated heterocycles. The van der Waals surface area contributed by atoms with Gasteiger partial charge in [0.2, 0.25) is 0 Å². The van der Waals surface area contributed by atoms with E-state index in [-0.39, 0.29) is 49.6 Å². The maximum Gasteiger partial charge on any atom is 0.306 e. The summed E-state index contributed by atoms with van der Waals surface area (Å²) in [4.78, 5) is 29.8. The standard InChI is InChI=1S/C52H68N6O9/c1-48(2,3)35-25-32(27-41(46(35)63)57-53-37-17-13-14-18-38(37)54-57)21-23-43(61)51(9,10)65-31-34(60)29-50(7,8)67-52(11,12)44(30-59)66-45(62)24-22-33-26-36(49(4,5)6)47(64)42(28-33)58-55-39-19-15-16-20-40(39)56-58/h13-20,25-28,34,44,59-60,63-64H,21-24,29-31H2,1-12H3. The molecule has 2 atom stereocenters. The monoisotopic (exact) mass is 921 g/mol. The highest BCUT2D eigenvalue weighted by molar-refractivity contribution is 5.86. The minimum absolute atomic E-state index is 0.0168.